The Morgan fingerprint density at radius 2 is 2.27 bits per heavy atom. The summed E-state index contributed by atoms with van der Waals surface area (Å²) in [6, 6.07) is 0.747. The average Bonchev–Trinajstić information content (AvgIpc) is 2.27. The van der Waals surface area contributed by atoms with Gasteiger partial charge in [-0.25, -0.2) is 0 Å². The highest BCUT2D eigenvalue weighted by atomic mass is 15.2. The monoisotopic (exact) mass is 212 g/mol. The number of nitrogens with one attached hydrogen (secondary N) is 2. The first-order valence-electron chi connectivity index (χ1n) is 5.90. The van der Waals surface area contributed by atoms with Crippen LogP contribution >= 0.6 is 0 Å². The molecule has 0 amide bonds. The van der Waals surface area contributed by atoms with Gasteiger partial charge in [-0.3, -0.25) is 9.89 Å². The van der Waals surface area contributed by atoms with Crippen LogP contribution in [0.25, 0.3) is 0 Å². The van der Waals surface area contributed by atoms with Crippen molar-refractivity contribution < 1.29 is 0 Å². The second-order valence-corrected chi connectivity index (χ2v) is 4.13. The van der Waals surface area contributed by atoms with Crippen molar-refractivity contribution in [3.8, 4) is 0 Å². The van der Waals surface area contributed by atoms with Crippen molar-refractivity contribution in [3.63, 3.8) is 0 Å². The zero-order valence-corrected chi connectivity index (χ0v) is 10.2. The molecule has 0 saturated carbocycles. The molecule has 1 saturated heterocycles. The lowest BCUT2D eigenvalue weighted by Gasteiger charge is -2.33. The molecule has 2 N–H and O–H groups in total. The Labute approximate surface area is 93.1 Å². The topological polar surface area (TPSA) is 39.7 Å². The van der Waals surface area contributed by atoms with Crippen molar-refractivity contribution in [2.24, 2.45) is 4.99 Å². The zero-order chi connectivity index (χ0) is 11.1. The van der Waals surface area contributed by atoms with Crippen LogP contribution in [0.1, 0.15) is 26.2 Å². The van der Waals surface area contributed by atoms with Gasteiger partial charge < -0.3 is 10.6 Å². The Morgan fingerprint density at radius 1 is 1.47 bits per heavy atom. The summed E-state index contributed by atoms with van der Waals surface area (Å²) in [5.41, 5.74) is 0. The molecule has 0 spiro atoms. The van der Waals surface area contributed by atoms with Crippen LogP contribution in [-0.4, -0.2) is 50.6 Å². The van der Waals surface area contributed by atoms with Crippen LogP contribution in [0.3, 0.4) is 0 Å². The van der Waals surface area contributed by atoms with Gasteiger partial charge >= 0.3 is 0 Å². The summed E-state index contributed by atoms with van der Waals surface area (Å²) in [6.45, 7) is 5.66. The maximum absolute atomic E-state index is 4.08. The normalized spacial score (nSPS) is 23.9. The van der Waals surface area contributed by atoms with Crippen LogP contribution in [0, 0.1) is 0 Å². The molecule has 0 aromatic carbocycles. The highest BCUT2D eigenvalue weighted by Gasteiger charge is 2.17. The molecule has 0 aromatic heterocycles. The van der Waals surface area contributed by atoms with Gasteiger partial charge in [0, 0.05) is 33.2 Å². The van der Waals surface area contributed by atoms with Gasteiger partial charge in [0.15, 0.2) is 5.96 Å². The number of rotatable bonds is 3. The lowest BCUT2D eigenvalue weighted by molar-refractivity contribution is 0.164. The van der Waals surface area contributed by atoms with E-state index in [2.05, 4.69) is 27.4 Å². The van der Waals surface area contributed by atoms with Gasteiger partial charge in [-0.15, -0.1) is 0 Å². The van der Waals surface area contributed by atoms with Gasteiger partial charge in [0.2, 0.25) is 0 Å². The predicted octanol–water partition coefficient (Wildman–Crippen LogP) is 0.656. The Bertz CT molecular complexity index is 203. The van der Waals surface area contributed by atoms with E-state index in [1.807, 2.05) is 7.05 Å². The Kier molecular flexibility index (Phi) is 5.47. The van der Waals surface area contributed by atoms with Gasteiger partial charge in [-0.05, 0) is 26.3 Å². The van der Waals surface area contributed by atoms with Crippen molar-refractivity contribution in [3.05, 3.63) is 0 Å². The smallest absolute Gasteiger partial charge is 0.190 e. The van der Waals surface area contributed by atoms with E-state index in [0.717, 1.165) is 25.1 Å². The highest BCUT2D eigenvalue weighted by molar-refractivity contribution is 5.79. The summed E-state index contributed by atoms with van der Waals surface area (Å²) >= 11 is 0. The van der Waals surface area contributed by atoms with E-state index in [1.54, 1.807) is 7.05 Å². The summed E-state index contributed by atoms with van der Waals surface area (Å²) in [6.07, 6.45) is 4.09. The van der Waals surface area contributed by atoms with Crippen molar-refractivity contribution in [1.29, 1.82) is 0 Å². The molecule has 1 fully saturated rings. The molecule has 1 aliphatic rings. The number of guanidine groups is 1. The SMILES string of the molecule is CN=C(NC)NCCN1CCCCC1C. The molecule has 15 heavy (non-hydrogen) atoms. The number of hydrogen-bond donors (Lipinski definition) is 2. The molecular formula is C11H24N4. The first kappa shape index (κ1) is 12.3. The second kappa shape index (κ2) is 6.67. The standard InChI is InChI=1S/C11H24N4/c1-10-6-4-5-8-15(10)9-7-14-11(12-2)13-3/h10H,4-9H2,1-3H3,(H2,12,13,14). The summed E-state index contributed by atoms with van der Waals surface area (Å²) in [7, 11) is 3.68. The number of nitrogens with zero attached hydrogens (tertiary/aromatic N) is 2. The zero-order valence-electron chi connectivity index (χ0n) is 10.2. The predicted molar refractivity (Wildman–Crippen MR) is 65.3 cm³/mol. The van der Waals surface area contributed by atoms with Gasteiger partial charge in [0.25, 0.3) is 0 Å². The van der Waals surface area contributed by atoms with E-state index < -0.39 is 0 Å². The molecule has 1 unspecified atom stereocenters. The Balaban J connectivity index is 2.18. The van der Waals surface area contributed by atoms with Crippen LogP contribution in [0.4, 0.5) is 0 Å². The van der Waals surface area contributed by atoms with Gasteiger partial charge in [-0.2, -0.15) is 0 Å². The molecule has 1 aliphatic heterocycles. The average molecular weight is 212 g/mol. The first-order valence-corrected chi connectivity index (χ1v) is 5.90. The Morgan fingerprint density at radius 3 is 2.87 bits per heavy atom. The number of hydrogen-bond acceptors (Lipinski definition) is 2. The molecule has 4 nitrogen and oxygen atoms in total. The van der Waals surface area contributed by atoms with Crippen LogP contribution < -0.4 is 10.6 Å². The number of likely N-dealkylation sites (tertiary alicyclic amines) is 1. The van der Waals surface area contributed by atoms with E-state index in [4.69, 9.17) is 0 Å². The van der Waals surface area contributed by atoms with Crippen LogP contribution in [0.5, 0.6) is 0 Å². The van der Waals surface area contributed by atoms with E-state index >= 15 is 0 Å². The summed E-state index contributed by atoms with van der Waals surface area (Å²) < 4.78 is 0. The fraction of sp³-hybridized carbons (Fsp3) is 0.909. The molecule has 0 bridgehead atoms. The third-order valence-electron chi connectivity index (χ3n) is 3.09. The third kappa shape index (κ3) is 4.08. The minimum absolute atomic E-state index is 0.747. The van der Waals surface area contributed by atoms with Gasteiger partial charge in [0.05, 0.1) is 0 Å². The second-order valence-electron chi connectivity index (χ2n) is 4.13. The van der Waals surface area contributed by atoms with Crippen molar-refractivity contribution in [1.82, 2.24) is 15.5 Å². The minimum atomic E-state index is 0.747. The maximum Gasteiger partial charge on any atom is 0.190 e. The fourth-order valence-corrected chi connectivity index (χ4v) is 2.09. The van der Waals surface area contributed by atoms with Crippen molar-refractivity contribution in [2.45, 2.75) is 32.2 Å². The van der Waals surface area contributed by atoms with Crippen LogP contribution in [0.15, 0.2) is 4.99 Å². The lowest BCUT2D eigenvalue weighted by atomic mass is 10.0. The van der Waals surface area contributed by atoms with E-state index in [9.17, 15) is 0 Å². The molecule has 0 aromatic rings. The van der Waals surface area contributed by atoms with Crippen LogP contribution in [-0.2, 0) is 0 Å². The first-order chi connectivity index (χ1) is 7.27. The van der Waals surface area contributed by atoms with Crippen molar-refractivity contribution >= 4 is 5.96 Å². The highest BCUT2D eigenvalue weighted by Crippen LogP contribution is 2.15. The number of piperidine rings is 1. The maximum atomic E-state index is 4.08. The molecule has 1 heterocycles. The molecule has 1 rings (SSSR count). The van der Waals surface area contributed by atoms with Crippen molar-refractivity contribution in [2.75, 3.05) is 33.7 Å². The van der Waals surface area contributed by atoms with E-state index in [0.29, 0.717) is 0 Å². The summed E-state index contributed by atoms with van der Waals surface area (Å²) in [4.78, 5) is 6.64. The molecule has 1 atom stereocenters. The van der Waals surface area contributed by atoms with Crippen LogP contribution in [0.2, 0.25) is 0 Å². The fourth-order valence-electron chi connectivity index (χ4n) is 2.09. The van der Waals surface area contributed by atoms with E-state index in [-0.39, 0.29) is 0 Å². The van der Waals surface area contributed by atoms with E-state index in [1.165, 1.54) is 25.8 Å². The molecule has 4 heteroatoms. The third-order valence-corrected chi connectivity index (χ3v) is 3.09. The Hall–Kier alpha value is -0.770. The largest absolute Gasteiger partial charge is 0.359 e. The quantitative estimate of drug-likeness (QED) is 0.533. The molecule has 0 radical (unpaired) electrons. The lowest BCUT2D eigenvalue weighted by Crippen LogP contribution is -2.44. The molecule has 0 aliphatic carbocycles. The van der Waals surface area contributed by atoms with Gasteiger partial charge in [-0.1, -0.05) is 6.42 Å². The summed E-state index contributed by atoms with van der Waals surface area (Å²) in [5, 5.41) is 6.31. The minimum Gasteiger partial charge on any atom is -0.359 e. The summed E-state index contributed by atoms with van der Waals surface area (Å²) in [5.74, 6) is 0.875. The molecular weight excluding hydrogens is 188 g/mol. The molecule has 88 valence electrons. The number of aliphatic imine (C=N–C) groups is 1. The van der Waals surface area contributed by atoms with Gasteiger partial charge in [0.1, 0.15) is 0 Å².